The Morgan fingerprint density at radius 3 is 2.16 bits per heavy atom. The number of rotatable bonds is 7. The van der Waals surface area contributed by atoms with Crippen molar-refractivity contribution in [1.82, 2.24) is 5.32 Å². The second-order valence-corrected chi connectivity index (χ2v) is 6.60. The summed E-state index contributed by atoms with van der Waals surface area (Å²) in [5, 5.41) is 3.51. The normalized spacial score (nSPS) is 13.8. The monoisotopic (exact) mass is 262 g/mol. The van der Waals surface area contributed by atoms with E-state index in [-0.39, 0.29) is 11.5 Å². The molecule has 0 saturated heterocycles. The summed E-state index contributed by atoms with van der Waals surface area (Å²) >= 11 is 0. The molecule has 3 N–H and O–H groups in total. The summed E-state index contributed by atoms with van der Waals surface area (Å²) in [5.41, 5.74) is 8.72. The molecule has 0 heterocycles. The lowest BCUT2D eigenvalue weighted by molar-refractivity contribution is 0.458. The number of benzene rings is 1. The molecule has 1 unspecified atom stereocenters. The lowest BCUT2D eigenvalue weighted by Gasteiger charge is -2.26. The lowest BCUT2D eigenvalue weighted by atomic mass is 9.83. The maximum atomic E-state index is 5.76. The number of hydrogen-bond acceptors (Lipinski definition) is 2. The van der Waals surface area contributed by atoms with Crippen molar-refractivity contribution in [2.45, 2.75) is 58.4 Å². The van der Waals surface area contributed by atoms with E-state index in [1.807, 2.05) is 0 Å². The highest BCUT2D eigenvalue weighted by atomic mass is 14.9. The zero-order valence-electron chi connectivity index (χ0n) is 13.2. The Bertz CT molecular complexity index is 363. The fourth-order valence-corrected chi connectivity index (χ4v) is 2.15. The van der Waals surface area contributed by atoms with Gasteiger partial charge in [-0.1, -0.05) is 52.0 Å². The van der Waals surface area contributed by atoms with E-state index in [0.717, 1.165) is 19.5 Å². The van der Waals surface area contributed by atoms with Gasteiger partial charge in [-0.25, -0.2) is 0 Å². The molecule has 0 amide bonds. The first-order chi connectivity index (χ1) is 8.83. The first-order valence-electron chi connectivity index (χ1n) is 7.39. The van der Waals surface area contributed by atoms with Gasteiger partial charge in [-0.3, -0.25) is 0 Å². The van der Waals surface area contributed by atoms with Crippen LogP contribution in [0.25, 0.3) is 0 Å². The Balaban J connectivity index is 2.56. The first-order valence-corrected chi connectivity index (χ1v) is 7.39. The van der Waals surface area contributed by atoms with Crippen LogP contribution in [-0.2, 0) is 5.41 Å². The lowest BCUT2D eigenvalue weighted by Crippen LogP contribution is -2.35. The van der Waals surface area contributed by atoms with E-state index in [1.165, 1.54) is 11.1 Å². The van der Waals surface area contributed by atoms with Crippen LogP contribution < -0.4 is 11.1 Å². The fraction of sp³-hybridized carbons (Fsp3) is 0.647. The van der Waals surface area contributed by atoms with Crippen LogP contribution in [0.1, 0.15) is 58.1 Å². The average Bonchev–Trinajstić information content (AvgIpc) is 2.34. The van der Waals surface area contributed by atoms with E-state index in [0.29, 0.717) is 5.92 Å². The van der Waals surface area contributed by atoms with Crippen LogP contribution in [0.3, 0.4) is 0 Å². The zero-order valence-corrected chi connectivity index (χ0v) is 13.2. The van der Waals surface area contributed by atoms with E-state index in [4.69, 9.17) is 5.73 Å². The molecule has 1 aromatic carbocycles. The summed E-state index contributed by atoms with van der Waals surface area (Å²) in [6.45, 7) is 13.1. The number of nitrogens with one attached hydrogen (secondary N) is 1. The summed E-state index contributed by atoms with van der Waals surface area (Å²) in [6.07, 6.45) is 1.03. The molecule has 2 heteroatoms. The molecule has 0 aromatic heterocycles. The van der Waals surface area contributed by atoms with Gasteiger partial charge in [0.15, 0.2) is 0 Å². The predicted molar refractivity (Wildman–Crippen MR) is 84.7 cm³/mol. The van der Waals surface area contributed by atoms with Crippen LogP contribution >= 0.6 is 0 Å². The van der Waals surface area contributed by atoms with Gasteiger partial charge in [-0.2, -0.15) is 0 Å². The van der Waals surface area contributed by atoms with Crippen molar-refractivity contribution in [1.29, 1.82) is 0 Å². The van der Waals surface area contributed by atoms with Crippen molar-refractivity contribution in [2.24, 2.45) is 5.73 Å². The summed E-state index contributed by atoms with van der Waals surface area (Å²) in [5.74, 6) is 0.598. The highest BCUT2D eigenvalue weighted by Crippen LogP contribution is 2.24. The third-order valence-corrected chi connectivity index (χ3v) is 3.70. The third-order valence-electron chi connectivity index (χ3n) is 3.70. The van der Waals surface area contributed by atoms with Crippen molar-refractivity contribution in [3.63, 3.8) is 0 Å². The number of nitrogens with two attached hydrogens (primary N) is 1. The standard InChI is InChI=1S/C17H30N2/c1-13(2)15-6-8-16(9-7-15)17(4,5)12-19-11-10-14(3)18/h6-9,13-14,19H,10-12,18H2,1-5H3. The molecule has 1 atom stereocenters. The third kappa shape index (κ3) is 5.33. The van der Waals surface area contributed by atoms with Crippen LogP contribution in [-0.4, -0.2) is 19.1 Å². The molecule has 0 aliphatic rings. The smallest absolute Gasteiger partial charge is 0.00431 e. The van der Waals surface area contributed by atoms with Crippen molar-refractivity contribution < 1.29 is 0 Å². The molecular weight excluding hydrogens is 232 g/mol. The molecule has 0 saturated carbocycles. The average molecular weight is 262 g/mol. The molecule has 2 nitrogen and oxygen atoms in total. The minimum absolute atomic E-state index is 0.160. The van der Waals surface area contributed by atoms with Crippen molar-refractivity contribution in [3.8, 4) is 0 Å². The quantitative estimate of drug-likeness (QED) is 0.739. The van der Waals surface area contributed by atoms with Crippen molar-refractivity contribution >= 4 is 0 Å². The van der Waals surface area contributed by atoms with E-state index < -0.39 is 0 Å². The van der Waals surface area contributed by atoms with Gasteiger partial charge >= 0.3 is 0 Å². The molecule has 0 aliphatic carbocycles. The first kappa shape index (κ1) is 16.2. The molecule has 19 heavy (non-hydrogen) atoms. The molecule has 1 aromatic rings. The Kier molecular flexibility index (Phi) is 6.02. The summed E-state index contributed by atoms with van der Waals surface area (Å²) in [4.78, 5) is 0. The van der Waals surface area contributed by atoms with Crippen LogP contribution in [0, 0.1) is 0 Å². The van der Waals surface area contributed by atoms with Gasteiger partial charge in [-0.15, -0.1) is 0 Å². The molecule has 1 rings (SSSR count). The summed E-state index contributed by atoms with van der Waals surface area (Å²) < 4.78 is 0. The Labute approximate surface area is 118 Å². The van der Waals surface area contributed by atoms with Crippen LogP contribution in [0.4, 0.5) is 0 Å². The maximum Gasteiger partial charge on any atom is 0.00431 e. The minimum Gasteiger partial charge on any atom is -0.328 e. The maximum absolute atomic E-state index is 5.76. The molecule has 108 valence electrons. The van der Waals surface area contributed by atoms with Gasteiger partial charge in [0.1, 0.15) is 0 Å². The van der Waals surface area contributed by atoms with Crippen molar-refractivity contribution in [2.75, 3.05) is 13.1 Å². The molecule has 0 radical (unpaired) electrons. The highest BCUT2D eigenvalue weighted by Gasteiger charge is 2.20. The highest BCUT2D eigenvalue weighted by molar-refractivity contribution is 5.29. The topological polar surface area (TPSA) is 38.0 Å². The number of hydrogen-bond donors (Lipinski definition) is 2. The molecule has 0 bridgehead atoms. The summed E-state index contributed by atoms with van der Waals surface area (Å²) in [7, 11) is 0. The molecule has 0 aliphatic heterocycles. The minimum atomic E-state index is 0.160. The molecule has 0 fully saturated rings. The SMILES string of the molecule is CC(N)CCNCC(C)(C)c1ccc(C(C)C)cc1. The second-order valence-electron chi connectivity index (χ2n) is 6.60. The van der Waals surface area contributed by atoms with Gasteiger partial charge < -0.3 is 11.1 Å². The van der Waals surface area contributed by atoms with E-state index in [9.17, 15) is 0 Å². The Hall–Kier alpha value is -0.860. The van der Waals surface area contributed by atoms with Gasteiger partial charge in [0.2, 0.25) is 0 Å². The molecule has 0 spiro atoms. The molecular formula is C17H30N2. The van der Waals surface area contributed by atoms with Gasteiger partial charge in [0.25, 0.3) is 0 Å². The Morgan fingerprint density at radius 2 is 1.68 bits per heavy atom. The van der Waals surface area contributed by atoms with Gasteiger partial charge in [-0.05, 0) is 36.9 Å². The largest absolute Gasteiger partial charge is 0.328 e. The fourth-order valence-electron chi connectivity index (χ4n) is 2.15. The van der Waals surface area contributed by atoms with Crippen LogP contribution in [0.5, 0.6) is 0 Å². The zero-order chi connectivity index (χ0) is 14.5. The van der Waals surface area contributed by atoms with Crippen molar-refractivity contribution in [3.05, 3.63) is 35.4 Å². The van der Waals surface area contributed by atoms with Gasteiger partial charge in [0.05, 0.1) is 0 Å². The van der Waals surface area contributed by atoms with E-state index in [1.54, 1.807) is 0 Å². The predicted octanol–water partition coefficient (Wildman–Crippen LogP) is 3.41. The van der Waals surface area contributed by atoms with Crippen LogP contribution in [0.2, 0.25) is 0 Å². The van der Waals surface area contributed by atoms with Crippen LogP contribution in [0.15, 0.2) is 24.3 Å². The van der Waals surface area contributed by atoms with E-state index >= 15 is 0 Å². The second kappa shape index (κ2) is 7.06. The Morgan fingerprint density at radius 1 is 1.11 bits per heavy atom. The van der Waals surface area contributed by atoms with Gasteiger partial charge in [0, 0.05) is 18.0 Å². The van der Waals surface area contributed by atoms with E-state index in [2.05, 4.69) is 64.2 Å². The summed E-state index contributed by atoms with van der Waals surface area (Å²) in [6, 6.07) is 9.32.